The third-order valence-corrected chi connectivity index (χ3v) is 7.06. The van der Waals surface area contributed by atoms with Gasteiger partial charge in [-0.3, -0.25) is 9.80 Å². The lowest BCUT2D eigenvalue weighted by Gasteiger charge is -2.41. The molecule has 0 spiro atoms. The molecule has 8 nitrogen and oxygen atoms in total. The molecule has 1 fully saturated rings. The van der Waals surface area contributed by atoms with Gasteiger partial charge in [0.15, 0.2) is 17.8 Å². The van der Waals surface area contributed by atoms with Crippen LogP contribution in [-0.2, 0) is 22.6 Å². The standard InChI is InChI=1S/C24H27F4N5O3/c1-31-20-13(11-33(23(31)34)21-18(25)16(35-2)9-17(36-3)19(21)26)10-29-22-15(20)8-14(30-22)12-32-6-4-24(27,28)5-7-32/h8-10,18,21H,4-7,11-12H2,1-3H3,(H,29,30). The first-order chi connectivity index (χ1) is 17.1. The maximum absolute atomic E-state index is 15.3. The summed E-state index contributed by atoms with van der Waals surface area (Å²) in [6.45, 7) is 0.940. The number of nitrogens with one attached hydrogen (secondary N) is 1. The van der Waals surface area contributed by atoms with Crippen LogP contribution in [0.1, 0.15) is 24.1 Å². The smallest absolute Gasteiger partial charge is 0.325 e. The molecule has 0 bridgehead atoms. The van der Waals surface area contributed by atoms with Crippen molar-refractivity contribution in [3.63, 3.8) is 0 Å². The zero-order valence-corrected chi connectivity index (χ0v) is 20.2. The highest BCUT2D eigenvalue weighted by Gasteiger charge is 2.45. The molecule has 2 amide bonds. The number of likely N-dealkylation sites (tertiary alicyclic amines) is 1. The van der Waals surface area contributed by atoms with Gasteiger partial charge in [-0.1, -0.05) is 0 Å². The number of halogens is 4. The van der Waals surface area contributed by atoms with E-state index in [2.05, 4.69) is 9.97 Å². The number of pyridine rings is 1. The van der Waals surface area contributed by atoms with Crippen LogP contribution in [0.2, 0.25) is 0 Å². The van der Waals surface area contributed by atoms with E-state index < -0.39 is 30.0 Å². The van der Waals surface area contributed by atoms with Gasteiger partial charge in [0, 0.05) is 68.4 Å². The Labute approximate surface area is 205 Å². The number of H-pyrrole nitrogens is 1. The molecule has 0 radical (unpaired) electrons. The predicted molar refractivity (Wildman–Crippen MR) is 124 cm³/mol. The number of aromatic amines is 1. The van der Waals surface area contributed by atoms with Crippen molar-refractivity contribution in [1.29, 1.82) is 0 Å². The molecule has 36 heavy (non-hydrogen) atoms. The number of carbonyl (C=O) groups excluding carboxylic acids is 1. The van der Waals surface area contributed by atoms with Gasteiger partial charge in [-0.25, -0.2) is 27.3 Å². The lowest BCUT2D eigenvalue weighted by atomic mass is 9.98. The molecule has 1 N–H and O–H groups in total. The fraction of sp³-hybridized carbons (Fsp3) is 0.500. The number of ether oxygens (including phenoxy) is 2. The second-order valence-electron chi connectivity index (χ2n) is 9.30. The Morgan fingerprint density at radius 2 is 1.94 bits per heavy atom. The van der Waals surface area contributed by atoms with E-state index in [9.17, 15) is 13.6 Å². The van der Waals surface area contributed by atoms with Crippen LogP contribution >= 0.6 is 0 Å². The van der Waals surface area contributed by atoms with E-state index in [0.717, 1.165) is 16.7 Å². The number of methoxy groups -OCH3 is 2. The van der Waals surface area contributed by atoms with Crippen LogP contribution in [0.15, 0.2) is 35.7 Å². The van der Waals surface area contributed by atoms with Gasteiger partial charge in [0.2, 0.25) is 0 Å². The number of urea groups is 1. The Hall–Kier alpha value is -3.28. The number of nitrogens with zero attached hydrogens (tertiary/aromatic N) is 4. The van der Waals surface area contributed by atoms with Crippen molar-refractivity contribution in [1.82, 2.24) is 19.8 Å². The number of allylic oxidation sites excluding steroid dienone is 1. The van der Waals surface area contributed by atoms with E-state index in [1.807, 2.05) is 11.0 Å². The lowest BCUT2D eigenvalue weighted by molar-refractivity contribution is -0.0568. The van der Waals surface area contributed by atoms with Crippen molar-refractivity contribution in [3.05, 3.63) is 46.9 Å². The Kier molecular flexibility index (Phi) is 6.09. The van der Waals surface area contributed by atoms with Crippen LogP contribution in [0, 0.1) is 0 Å². The summed E-state index contributed by atoms with van der Waals surface area (Å²) in [5.41, 5.74) is 2.51. The first kappa shape index (κ1) is 24.4. The molecule has 2 unspecified atom stereocenters. The summed E-state index contributed by atoms with van der Waals surface area (Å²) in [4.78, 5) is 25.4. The Bertz CT molecular complexity index is 1250. The minimum absolute atomic E-state index is 0.0737. The Balaban J connectivity index is 1.45. The lowest BCUT2D eigenvalue weighted by Crippen LogP contribution is -2.54. The van der Waals surface area contributed by atoms with Crippen molar-refractivity contribution in [2.24, 2.45) is 0 Å². The average molecular weight is 510 g/mol. The van der Waals surface area contributed by atoms with E-state index in [1.165, 1.54) is 26.2 Å². The highest BCUT2D eigenvalue weighted by atomic mass is 19.3. The van der Waals surface area contributed by atoms with Crippen LogP contribution in [0.5, 0.6) is 0 Å². The fourth-order valence-corrected chi connectivity index (χ4v) is 5.12. The second-order valence-corrected chi connectivity index (χ2v) is 9.30. The molecular formula is C24H27F4N5O3. The van der Waals surface area contributed by atoms with Gasteiger partial charge < -0.3 is 19.4 Å². The number of hydrogen-bond donors (Lipinski definition) is 1. The monoisotopic (exact) mass is 509 g/mol. The molecule has 1 saturated heterocycles. The van der Waals surface area contributed by atoms with Crippen LogP contribution < -0.4 is 4.90 Å². The van der Waals surface area contributed by atoms with Gasteiger partial charge in [-0.15, -0.1) is 0 Å². The maximum Gasteiger partial charge on any atom is 0.325 e. The van der Waals surface area contributed by atoms with Crippen molar-refractivity contribution in [3.8, 4) is 0 Å². The molecule has 1 aliphatic carbocycles. The van der Waals surface area contributed by atoms with Crippen molar-refractivity contribution in [2.75, 3.05) is 39.3 Å². The van der Waals surface area contributed by atoms with E-state index >= 15 is 8.78 Å². The molecule has 0 aromatic carbocycles. The SMILES string of the molecule is COC1=CC(OC)=C(F)C(N2Cc3cnc4[nH]c(CN5CCC(F)(F)CC5)cc4c3N(C)C2=O)C1F. The minimum atomic E-state index is -2.62. The summed E-state index contributed by atoms with van der Waals surface area (Å²) >= 11 is 0. The van der Waals surface area contributed by atoms with Gasteiger partial charge >= 0.3 is 6.03 Å². The number of aromatic nitrogens is 2. The molecular weight excluding hydrogens is 482 g/mol. The summed E-state index contributed by atoms with van der Waals surface area (Å²) in [5.74, 6) is -3.87. The van der Waals surface area contributed by atoms with Crippen LogP contribution in [0.25, 0.3) is 11.0 Å². The highest BCUT2D eigenvalue weighted by molar-refractivity contribution is 6.04. The fourth-order valence-electron chi connectivity index (χ4n) is 5.12. The summed E-state index contributed by atoms with van der Waals surface area (Å²) in [5, 5.41) is 0.673. The minimum Gasteiger partial charge on any atom is -0.498 e. The van der Waals surface area contributed by atoms with Gasteiger partial charge in [0.05, 0.1) is 26.5 Å². The number of carbonyl (C=O) groups is 1. The second kappa shape index (κ2) is 8.99. The van der Waals surface area contributed by atoms with Crippen LogP contribution in [-0.4, -0.2) is 78.3 Å². The topological polar surface area (TPSA) is 73.9 Å². The molecule has 12 heteroatoms. The Morgan fingerprint density at radius 3 is 2.61 bits per heavy atom. The number of fused-ring (bicyclic) bond motifs is 3. The Morgan fingerprint density at radius 1 is 1.22 bits per heavy atom. The number of piperidine rings is 1. The third-order valence-electron chi connectivity index (χ3n) is 7.06. The number of alkyl halides is 3. The summed E-state index contributed by atoms with van der Waals surface area (Å²) in [6, 6.07) is -0.300. The molecule has 2 atom stereocenters. The van der Waals surface area contributed by atoms with Gasteiger partial charge in [-0.05, 0) is 6.07 Å². The number of rotatable bonds is 5. The number of amides is 2. The highest BCUT2D eigenvalue weighted by Crippen LogP contribution is 2.40. The van der Waals surface area contributed by atoms with Crippen molar-refractivity contribution >= 4 is 22.8 Å². The third kappa shape index (κ3) is 4.06. The molecule has 2 aromatic rings. The summed E-state index contributed by atoms with van der Waals surface area (Å²) < 4.78 is 67.5. The molecule has 2 aromatic heterocycles. The van der Waals surface area contributed by atoms with Crippen LogP contribution in [0.3, 0.4) is 0 Å². The normalized spacial score (nSPS) is 24.8. The van der Waals surface area contributed by atoms with E-state index in [0.29, 0.717) is 28.8 Å². The summed E-state index contributed by atoms with van der Waals surface area (Å²) in [6.07, 6.45) is 0.428. The zero-order chi connectivity index (χ0) is 25.8. The van der Waals surface area contributed by atoms with Gasteiger partial charge in [-0.2, -0.15) is 0 Å². The van der Waals surface area contributed by atoms with Gasteiger partial charge in [0.1, 0.15) is 17.4 Å². The van der Waals surface area contributed by atoms with E-state index in [-0.39, 0.29) is 44.0 Å². The average Bonchev–Trinajstić information content (AvgIpc) is 3.26. The first-order valence-electron chi connectivity index (χ1n) is 11.6. The number of hydrogen-bond acceptors (Lipinski definition) is 5. The molecule has 2 aliphatic heterocycles. The molecule has 3 aliphatic rings. The zero-order valence-electron chi connectivity index (χ0n) is 20.2. The van der Waals surface area contributed by atoms with Gasteiger partial charge in [0.25, 0.3) is 5.92 Å². The first-order valence-corrected chi connectivity index (χ1v) is 11.6. The molecule has 5 rings (SSSR count). The quantitative estimate of drug-likeness (QED) is 0.611. The molecule has 4 heterocycles. The maximum atomic E-state index is 15.3. The largest absolute Gasteiger partial charge is 0.498 e. The van der Waals surface area contributed by atoms with Crippen molar-refractivity contribution < 1.29 is 31.8 Å². The van der Waals surface area contributed by atoms with E-state index in [4.69, 9.17) is 9.47 Å². The number of anilines is 1. The van der Waals surface area contributed by atoms with Crippen molar-refractivity contribution in [2.45, 2.75) is 44.1 Å². The molecule has 0 saturated carbocycles. The van der Waals surface area contributed by atoms with E-state index in [1.54, 1.807) is 6.20 Å². The molecule has 194 valence electrons. The predicted octanol–water partition coefficient (Wildman–Crippen LogP) is 4.24. The van der Waals surface area contributed by atoms with Crippen LogP contribution in [0.4, 0.5) is 28.0 Å². The summed E-state index contributed by atoms with van der Waals surface area (Å²) in [7, 11) is 4.06.